The van der Waals surface area contributed by atoms with Gasteiger partial charge < -0.3 is 0 Å². The Morgan fingerprint density at radius 3 is 2.09 bits per heavy atom. The molecule has 34 heavy (non-hydrogen) atoms. The number of carbonyl (C=O) groups excluding carboxylic acids is 2. The number of nitro benzene ring substituents is 1. The number of imide groups is 1. The van der Waals surface area contributed by atoms with E-state index in [0.29, 0.717) is 17.5 Å². The maximum Gasteiger partial charge on any atom is 0.269 e. The van der Waals surface area contributed by atoms with E-state index < -0.39 is 32.8 Å². The number of non-ortho nitro benzene ring substituents is 1. The second-order valence-corrected chi connectivity index (χ2v) is 9.99. The van der Waals surface area contributed by atoms with Gasteiger partial charge in [-0.05, 0) is 41.8 Å². The van der Waals surface area contributed by atoms with Gasteiger partial charge in [-0.2, -0.15) is 4.31 Å². The number of nitrogens with zero attached hydrogens (tertiary/aromatic N) is 3. The quantitative estimate of drug-likeness (QED) is 0.316. The summed E-state index contributed by atoms with van der Waals surface area (Å²) in [6, 6.07) is 17.8. The van der Waals surface area contributed by atoms with Gasteiger partial charge in [0.15, 0.2) is 0 Å². The van der Waals surface area contributed by atoms with Crippen molar-refractivity contribution in [3.63, 3.8) is 0 Å². The molecule has 1 unspecified atom stereocenters. The van der Waals surface area contributed by atoms with Crippen molar-refractivity contribution >= 4 is 27.5 Å². The van der Waals surface area contributed by atoms with Crippen LogP contribution in [0.5, 0.6) is 0 Å². The highest BCUT2D eigenvalue weighted by atomic mass is 32.2. The molecule has 10 heteroatoms. The summed E-state index contributed by atoms with van der Waals surface area (Å²) in [5.41, 5.74) is 2.03. The molecule has 2 heterocycles. The van der Waals surface area contributed by atoms with Crippen LogP contribution < -0.4 is 0 Å². The average Bonchev–Trinajstić information content (AvgIpc) is 3.09. The van der Waals surface area contributed by atoms with E-state index in [9.17, 15) is 28.1 Å². The molecular weight excluding hydrogens is 458 g/mol. The highest BCUT2D eigenvalue weighted by molar-refractivity contribution is 7.89. The Labute approximate surface area is 195 Å². The molecule has 0 spiro atoms. The summed E-state index contributed by atoms with van der Waals surface area (Å²) in [6.45, 7) is -0.000256. The first-order valence-corrected chi connectivity index (χ1v) is 12.0. The predicted octanol–water partition coefficient (Wildman–Crippen LogP) is 3.18. The van der Waals surface area contributed by atoms with Crippen molar-refractivity contribution in [1.82, 2.24) is 9.21 Å². The molecule has 9 nitrogen and oxygen atoms in total. The number of benzene rings is 3. The van der Waals surface area contributed by atoms with Crippen molar-refractivity contribution in [2.75, 3.05) is 13.1 Å². The third kappa shape index (κ3) is 3.47. The van der Waals surface area contributed by atoms with Crippen LogP contribution in [0.3, 0.4) is 0 Å². The third-order valence-corrected chi connectivity index (χ3v) is 8.17. The molecule has 2 amide bonds. The largest absolute Gasteiger partial charge is 0.272 e. The van der Waals surface area contributed by atoms with Crippen LogP contribution in [-0.2, 0) is 16.4 Å². The SMILES string of the molecule is O=C1c2ccccc2C(=O)N1CC1c2ccccc2CCN1S(=O)(=O)c1ccc([N+](=O)[O-])cc1. The number of carbonyl (C=O) groups is 2. The van der Waals surface area contributed by atoms with Gasteiger partial charge in [0.25, 0.3) is 17.5 Å². The molecular formula is C24H19N3O6S. The van der Waals surface area contributed by atoms with Gasteiger partial charge in [-0.3, -0.25) is 24.6 Å². The molecule has 2 aliphatic heterocycles. The number of amides is 2. The van der Waals surface area contributed by atoms with Crippen LogP contribution in [0.4, 0.5) is 5.69 Å². The molecule has 3 aromatic carbocycles. The smallest absolute Gasteiger partial charge is 0.269 e. The third-order valence-electron chi connectivity index (χ3n) is 6.25. The summed E-state index contributed by atoms with van der Waals surface area (Å²) in [5.74, 6) is -0.923. The molecule has 0 aromatic heterocycles. The first kappa shape index (κ1) is 21.9. The summed E-state index contributed by atoms with van der Waals surface area (Å²) < 4.78 is 28.5. The number of rotatable bonds is 5. The average molecular weight is 477 g/mol. The summed E-state index contributed by atoms with van der Waals surface area (Å²) in [5, 5.41) is 11.0. The molecule has 2 aliphatic rings. The lowest BCUT2D eigenvalue weighted by Gasteiger charge is -2.37. The van der Waals surface area contributed by atoms with E-state index >= 15 is 0 Å². The van der Waals surface area contributed by atoms with Crippen LogP contribution in [-0.4, -0.2) is 47.5 Å². The predicted molar refractivity (Wildman–Crippen MR) is 122 cm³/mol. The molecule has 0 bridgehead atoms. The van der Waals surface area contributed by atoms with Crippen LogP contribution in [0.1, 0.15) is 37.9 Å². The molecule has 0 fully saturated rings. The minimum Gasteiger partial charge on any atom is -0.272 e. The summed E-state index contributed by atoms with van der Waals surface area (Å²) >= 11 is 0. The van der Waals surface area contributed by atoms with Crippen molar-refractivity contribution in [1.29, 1.82) is 0 Å². The molecule has 0 saturated carbocycles. The van der Waals surface area contributed by atoms with Crippen molar-refractivity contribution in [2.45, 2.75) is 17.4 Å². The lowest BCUT2D eigenvalue weighted by molar-refractivity contribution is -0.384. The van der Waals surface area contributed by atoms with Gasteiger partial charge in [-0.15, -0.1) is 0 Å². The Bertz CT molecular complexity index is 1400. The Balaban J connectivity index is 1.54. The summed E-state index contributed by atoms with van der Waals surface area (Å²) in [4.78, 5) is 37.4. The van der Waals surface area contributed by atoms with E-state index in [4.69, 9.17) is 0 Å². The van der Waals surface area contributed by atoms with Crippen molar-refractivity contribution < 1.29 is 22.9 Å². The second kappa shape index (κ2) is 8.15. The van der Waals surface area contributed by atoms with Crippen molar-refractivity contribution in [3.05, 3.63) is 105 Å². The molecule has 0 aliphatic carbocycles. The van der Waals surface area contributed by atoms with Gasteiger partial charge in [0.1, 0.15) is 0 Å². The van der Waals surface area contributed by atoms with Gasteiger partial charge in [-0.1, -0.05) is 36.4 Å². The molecule has 5 rings (SSSR count). The zero-order valence-electron chi connectivity index (χ0n) is 17.8. The number of hydrogen-bond donors (Lipinski definition) is 0. The van der Waals surface area contributed by atoms with Crippen LogP contribution in [0.25, 0.3) is 0 Å². The second-order valence-electron chi connectivity index (χ2n) is 8.10. The van der Waals surface area contributed by atoms with Gasteiger partial charge in [0, 0.05) is 18.7 Å². The molecule has 1 atom stereocenters. The Hall–Kier alpha value is -3.89. The fraction of sp³-hybridized carbons (Fsp3) is 0.167. The maximum atomic E-state index is 13.6. The van der Waals surface area contributed by atoms with E-state index in [1.54, 1.807) is 36.4 Å². The maximum absolute atomic E-state index is 13.6. The number of sulfonamides is 1. The standard InChI is InChI=1S/C24H19N3O6S/c28-23-20-7-3-4-8-21(20)24(29)25(23)15-22-19-6-2-1-5-16(19)13-14-26(22)34(32,33)18-11-9-17(10-12-18)27(30)31/h1-12,22H,13-15H2. The van der Waals surface area contributed by atoms with E-state index in [2.05, 4.69) is 0 Å². The fourth-order valence-corrected chi connectivity index (χ4v) is 6.16. The van der Waals surface area contributed by atoms with Crippen LogP contribution >= 0.6 is 0 Å². The monoisotopic (exact) mass is 477 g/mol. The van der Waals surface area contributed by atoms with Gasteiger partial charge in [-0.25, -0.2) is 8.42 Å². The molecule has 0 N–H and O–H groups in total. The lowest BCUT2D eigenvalue weighted by atomic mass is 9.94. The summed E-state index contributed by atoms with van der Waals surface area (Å²) in [7, 11) is -4.08. The van der Waals surface area contributed by atoms with E-state index in [1.165, 1.54) is 16.4 Å². The molecule has 172 valence electrons. The first-order chi connectivity index (χ1) is 16.3. The van der Waals surface area contributed by atoms with Gasteiger partial charge in [0.2, 0.25) is 10.0 Å². The van der Waals surface area contributed by atoms with Crippen molar-refractivity contribution in [3.8, 4) is 0 Å². The normalized spacial score (nSPS) is 18.0. The van der Waals surface area contributed by atoms with E-state index in [-0.39, 0.29) is 23.7 Å². The minimum atomic E-state index is -4.08. The number of fused-ring (bicyclic) bond motifs is 2. The Kier molecular flexibility index (Phi) is 5.26. The number of hydrogen-bond acceptors (Lipinski definition) is 6. The van der Waals surface area contributed by atoms with Gasteiger partial charge >= 0.3 is 0 Å². The number of nitro groups is 1. The van der Waals surface area contributed by atoms with Crippen LogP contribution in [0, 0.1) is 10.1 Å². The minimum absolute atomic E-state index is 0.0927. The fourth-order valence-electron chi connectivity index (χ4n) is 4.56. The van der Waals surface area contributed by atoms with Crippen LogP contribution in [0.2, 0.25) is 0 Å². The van der Waals surface area contributed by atoms with E-state index in [0.717, 1.165) is 28.2 Å². The zero-order valence-corrected chi connectivity index (χ0v) is 18.6. The molecule has 3 aromatic rings. The summed E-state index contributed by atoms with van der Waals surface area (Å²) in [6.07, 6.45) is 0.459. The lowest BCUT2D eigenvalue weighted by Crippen LogP contribution is -2.46. The highest BCUT2D eigenvalue weighted by Gasteiger charge is 2.42. The first-order valence-electron chi connectivity index (χ1n) is 10.6. The molecule has 0 saturated heterocycles. The Morgan fingerprint density at radius 2 is 1.47 bits per heavy atom. The Morgan fingerprint density at radius 1 is 0.882 bits per heavy atom. The van der Waals surface area contributed by atoms with Gasteiger partial charge in [0.05, 0.1) is 33.5 Å². The highest BCUT2D eigenvalue weighted by Crippen LogP contribution is 2.36. The van der Waals surface area contributed by atoms with Crippen molar-refractivity contribution in [2.24, 2.45) is 0 Å². The topological polar surface area (TPSA) is 118 Å². The molecule has 0 radical (unpaired) electrons. The van der Waals surface area contributed by atoms with Crippen LogP contribution in [0.15, 0.2) is 77.7 Å². The zero-order chi connectivity index (χ0) is 24.0. The van der Waals surface area contributed by atoms with E-state index in [1.807, 2.05) is 12.1 Å².